The van der Waals surface area contributed by atoms with Crippen LogP contribution in [0.3, 0.4) is 0 Å². The number of hydrogen-bond acceptors (Lipinski definition) is 6. The van der Waals surface area contributed by atoms with Gasteiger partial charge in [-0.1, -0.05) is 11.6 Å². The second-order valence-corrected chi connectivity index (χ2v) is 9.52. The molecule has 36 heavy (non-hydrogen) atoms. The van der Waals surface area contributed by atoms with Crippen molar-refractivity contribution in [2.45, 2.75) is 27.7 Å². The van der Waals surface area contributed by atoms with E-state index in [1.54, 1.807) is 7.11 Å². The molecule has 8 heteroatoms. The summed E-state index contributed by atoms with van der Waals surface area (Å²) in [4.78, 5) is 4.74. The number of anilines is 2. The highest BCUT2D eigenvalue weighted by atomic mass is 35.5. The van der Waals surface area contributed by atoms with Crippen molar-refractivity contribution in [3.8, 4) is 17.2 Å². The van der Waals surface area contributed by atoms with E-state index in [0.717, 1.165) is 82.1 Å². The molecule has 7 nitrogen and oxygen atoms in total. The van der Waals surface area contributed by atoms with E-state index in [9.17, 15) is 0 Å². The molecule has 2 aromatic heterocycles. The van der Waals surface area contributed by atoms with Gasteiger partial charge in [-0.05, 0) is 64.1 Å². The summed E-state index contributed by atoms with van der Waals surface area (Å²) >= 11 is 6.08. The van der Waals surface area contributed by atoms with Gasteiger partial charge < -0.3 is 23.8 Å². The van der Waals surface area contributed by atoms with Gasteiger partial charge in [0.25, 0.3) is 0 Å². The molecule has 0 N–H and O–H groups in total. The highest BCUT2D eigenvalue weighted by Crippen LogP contribution is 2.39. The fourth-order valence-corrected chi connectivity index (χ4v) is 5.41. The average molecular weight is 506 g/mol. The Labute approximate surface area is 217 Å². The van der Waals surface area contributed by atoms with Gasteiger partial charge in [-0.2, -0.15) is 5.10 Å². The Kier molecular flexibility index (Phi) is 6.67. The molecule has 0 radical (unpaired) electrons. The third kappa shape index (κ3) is 4.22. The molecule has 3 heterocycles. The van der Waals surface area contributed by atoms with Crippen molar-refractivity contribution in [2.24, 2.45) is 0 Å². The van der Waals surface area contributed by atoms with Crippen LogP contribution >= 0.6 is 11.6 Å². The first-order chi connectivity index (χ1) is 17.4. The van der Waals surface area contributed by atoms with E-state index in [0.29, 0.717) is 6.61 Å². The number of nitrogens with zero attached hydrogens (tertiary/aromatic N) is 5. The van der Waals surface area contributed by atoms with Gasteiger partial charge in [0, 0.05) is 65.1 Å². The highest BCUT2D eigenvalue weighted by Gasteiger charge is 2.26. The summed E-state index contributed by atoms with van der Waals surface area (Å²) in [5.74, 6) is 2.50. The van der Waals surface area contributed by atoms with Gasteiger partial charge in [0.2, 0.25) is 0 Å². The first-order valence-corrected chi connectivity index (χ1v) is 12.7. The number of halogens is 1. The number of aryl methyl sites for hydroxylation is 3. The van der Waals surface area contributed by atoms with Crippen LogP contribution in [0.25, 0.3) is 16.5 Å². The Morgan fingerprint density at radius 2 is 1.53 bits per heavy atom. The molecule has 0 spiro atoms. The molecule has 188 valence electrons. The van der Waals surface area contributed by atoms with Crippen molar-refractivity contribution in [1.29, 1.82) is 0 Å². The van der Waals surface area contributed by atoms with Crippen LogP contribution in [-0.4, -0.2) is 54.7 Å². The zero-order chi connectivity index (χ0) is 25.4. The van der Waals surface area contributed by atoms with Crippen molar-refractivity contribution in [3.05, 3.63) is 64.6 Å². The standard InChI is InChI=1S/C28H32ClN5O2/c1-6-36-23-11-12-24(25(17-23)35-5)34-19(3)26-18(2)30-31-28(27(26)20(34)4)33-15-13-32(14-16-33)22-9-7-21(29)8-10-22/h7-12,17H,6,13-16H2,1-5H3. The second-order valence-electron chi connectivity index (χ2n) is 9.08. The fraction of sp³-hybridized carbons (Fsp3) is 0.357. The molecule has 1 fully saturated rings. The maximum Gasteiger partial charge on any atom is 0.161 e. The predicted molar refractivity (Wildman–Crippen MR) is 147 cm³/mol. The van der Waals surface area contributed by atoms with Crippen molar-refractivity contribution >= 4 is 33.9 Å². The van der Waals surface area contributed by atoms with Crippen molar-refractivity contribution in [3.63, 3.8) is 0 Å². The Morgan fingerprint density at radius 1 is 0.861 bits per heavy atom. The van der Waals surface area contributed by atoms with Crippen molar-refractivity contribution < 1.29 is 9.47 Å². The lowest BCUT2D eigenvalue weighted by Gasteiger charge is -2.37. The zero-order valence-electron chi connectivity index (χ0n) is 21.5. The van der Waals surface area contributed by atoms with Crippen LogP contribution in [0.15, 0.2) is 42.5 Å². The number of methoxy groups -OCH3 is 1. The van der Waals surface area contributed by atoms with Crippen LogP contribution in [-0.2, 0) is 0 Å². The van der Waals surface area contributed by atoms with Crippen molar-refractivity contribution in [2.75, 3.05) is 49.7 Å². The molecule has 0 saturated carbocycles. The molecule has 1 aliphatic heterocycles. The first kappa shape index (κ1) is 24.3. The van der Waals surface area contributed by atoms with Gasteiger partial charge in [0.1, 0.15) is 11.5 Å². The fourth-order valence-electron chi connectivity index (χ4n) is 5.29. The number of piperazine rings is 1. The third-order valence-electron chi connectivity index (χ3n) is 7.00. The number of rotatable bonds is 6. The van der Waals surface area contributed by atoms with E-state index in [1.807, 2.05) is 38.1 Å². The van der Waals surface area contributed by atoms with Crippen LogP contribution in [0, 0.1) is 20.8 Å². The van der Waals surface area contributed by atoms with Gasteiger partial charge >= 0.3 is 0 Å². The van der Waals surface area contributed by atoms with E-state index in [1.165, 1.54) is 5.69 Å². The Hall–Kier alpha value is -3.45. The summed E-state index contributed by atoms with van der Waals surface area (Å²) in [5, 5.41) is 12.3. The third-order valence-corrected chi connectivity index (χ3v) is 7.25. The largest absolute Gasteiger partial charge is 0.494 e. The predicted octanol–water partition coefficient (Wildman–Crippen LogP) is 5.73. The van der Waals surface area contributed by atoms with Crippen LogP contribution in [0.1, 0.15) is 24.0 Å². The maximum atomic E-state index is 6.08. The first-order valence-electron chi connectivity index (χ1n) is 12.3. The Bertz CT molecular complexity index is 1390. The highest BCUT2D eigenvalue weighted by molar-refractivity contribution is 6.30. The molecule has 1 saturated heterocycles. The van der Waals surface area contributed by atoms with Gasteiger partial charge in [-0.15, -0.1) is 5.10 Å². The topological polar surface area (TPSA) is 55.7 Å². The molecule has 0 aliphatic carbocycles. The lowest BCUT2D eigenvalue weighted by molar-refractivity contribution is 0.336. The summed E-state index contributed by atoms with van der Waals surface area (Å²) in [7, 11) is 1.70. The molecule has 5 rings (SSSR count). The average Bonchev–Trinajstić information content (AvgIpc) is 3.16. The Balaban J connectivity index is 1.53. The van der Waals surface area contributed by atoms with E-state index in [-0.39, 0.29) is 0 Å². The molecule has 4 aromatic rings. The van der Waals surface area contributed by atoms with E-state index < -0.39 is 0 Å². The molecule has 0 atom stereocenters. The van der Waals surface area contributed by atoms with Gasteiger partial charge in [0.15, 0.2) is 5.82 Å². The lowest BCUT2D eigenvalue weighted by atomic mass is 10.1. The molecule has 2 aromatic carbocycles. The van der Waals surface area contributed by atoms with Gasteiger partial charge in [0.05, 0.1) is 25.1 Å². The van der Waals surface area contributed by atoms with E-state index in [2.05, 4.69) is 51.5 Å². The smallest absolute Gasteiger partial charge is 0.161 e. The minimum absolute atomic E-state index is 0.610. The Morgan fingerprint density at radius 3 is 2.19 bits per heavy atom. The van der Waals surface area contributed by atoms with E-state index >= 15 is 0 Å². The second kappa shape index (κ2) is 9.90. The van der Waals surface area contributed by atoms with Gasteiger partial charge in [-0.25, -0.2) is 0 Å². The summed E-state index contributed by atoms with van der Waals surface area (Å²) in [5.41, 5.74) is 5.35. The minimum Gasteiger partial charge on any atom is -0.494 e. The molecular weight excluding hydrogens is 474 g/mol. The molecular formula is C28H32ClN5O2. The normalized spacial score (nSPS) is 13.9. The number of hydrogen-bond donors (Lipinski definition) is 0. The van der Waals surface area contributed by atoms with E-state index in [4.69, 9.17) is 26.2 Å². The number of benzene rings is 2. The summed E-state index contributed by atoms with van der Waals surface area (Å²) < 4.78 is 13.7. The SMILES string of the molecule is CCOc1ccc(-n2c(C)c3c(C)nnc(N4CCN(c5ccc(Cl)cc5)CC4)c3c2C)c(OC)c1. The van der Waals surface area contributed by atoms with Crippen molar-refractivity contribution in [1.82, 2.24) is 14.8 Å². The zero-order valence-corrected chi connectivity index (χ0v) is 22.3. The number of fused-ring (bicyclic) bond motifs is 1. The molecule has 0 bridgehead atoms. The minimum atomic E-state index is 0.610. The number of aromatic nitrogens is 3. The maximum absolute atomic E-state index is 6.08. The van der Waals surface area contributed by atoms with Crippen LogP contribution in [0.2, 0.25) is 5.02 Å². The summed E-state index contributed by atoms with van der Waals surface area (Å²) in [6.45, 7) is 12.5. The van der Waals surface area contributed by atoms with Crippen LogP contribution in [0.4, 0.5) is 11.5 Å². The van der Waals surface area contributed by atoms with Gasteiger partial charge in [-0.3, -0.25) is 0 Å². The molecule has 0 amide bonds. The quantitative estimate of drug-likeness (QED) is 0.333. The molecule has 0 unspecified atom stereocenters. The number of ether oxygens (including phenoxy) is 2. The monoisotopic (exact) mass is 505 g/mol. The lowest BCUT2D eigenvalue weighted by Crippen LogP contribution is -2.47. The molecule has 1 aliphatic rings. The van der Waals surface area contributed by atoms with Crippen LogP contribution in [0.5, 0.6) is 11.5 Å². The van der Waals surface area contributed by atoms with Crippen LogP contribution < -0.4 is 19.3 Å². The summed E-state index contributed by atoms with van der Waals surface area (Å²) in [6, 6.07) is 14.1. The summed E-state index contributed by atoms with van der Waals surface area (Å²) in [6.07, 6.45) is 0.